The summed E-state index contributed by atoms with van der Waals surface area (Å²) in [6.45, 7) is 0.508. The van der Waals surface area contributed by atoms with Gasteiger partial charge >= 0.3 is 6.03 Å². The summed E-state index contributed by atoms with van der Waals surface area (Å²) in [5.41, 5.74) is 0.471. The number of benzene rings is 1. The van der Waals surface area contributed by atoms with Gasteiger partial charge in [0.05, 0.1) is 0 Å². The molecule has 1 aromatic rings. The molecule has 1 aromatic carbocycles. The lowest BCUT2D eigenvalue weighted by Gasteiger charge is -2.38. The zero-order chi connectivity index (χ0) is 14.2. The highest BCUT2D eigenvalue weighted by atomic mass is 127. The topological polar surface area (TPSA) is 49.4 Å². The number of rotatable bonds is 2. The van der Waals surface area contributed by atoms with Crippen molar-refractivity contribution in [2.24, 2.45) is 0 Å². The van der Waals surface area contributed by atoms with Crippen LogP contribution in [0.15, 0.2) is 24.3 Å². The zero-order valence-electron chi connectivity index (χ0n) is 11.2. The second-order valence-corrected chi connectivity index (χ2v) is 6.81. The van der Waals surface area contributed by atoms with E-state index in [9.17, 15) is 9.59 Å². The summed E-state index contributed by atoms with van der Waals surface area (Å²) in [4.78, 5) is 26.1. The van der Waals surface area contributed by atoms with Crippen LogP contribution >= 0.6 is 22.6 Å². The molecule has 5 heteroatoms. The Morgan fingerprint density at radius 3 is 2.40 bits per heavy atom. The van der Waals surface area contributed by atoms with Crippen LogP contribution in [0.5, 0.6) is 0 Å². The monoisotopic (exact) mass is 384 g/mol. The van der Waals surface area contributed by atoms with Crippen molar-refractivity contribution in [3.8, 4) is 0 Å². The lowest BCUT2D eigenvalue weighted by atomic mass is 9.80. The second kappa shape index (κ2) is 5.35. The summed E-state index contributed by atoms with van der Waals surface area (Å²) in [5, 5.41) is 2.51. The van der Waals surface area contributed by atoms with E-state index in [2.05, 4.69) is 27.9 Å². The number of amides is 3. The lowest BCUT2D eigenvalue weighted by Crippen LogP contribution is -2.50. The highest BCUT2D eigenvalue weighted by molar-refractivity contribution is 14.1. The molecule has 0 radical (unpaired) electrons. The number of nitrogens with one attached hydrogen (secondary N) is 1. The van der Waals surface area contributed by atoms with Gasteiger partial charge in [-0.25, -0.2) is 4.79 Å². The third kappa shape index (κ3) is 2.32. The highest BCUT2D eigenvalue weighted by Gasteiger charge is 2.52. The van der Waals surface area contributed by atoms with E-state index in [0.29, 0.717) is 6.54 Å². The van der Waals surface area contributed by atoms with E-state index in [4.69, 9.17) is 0 Å². The van der Waals surface area contributed by atoms with Gasteiger partial charge in [-0.1, -0.05) is 31.4 Å². The standard InChI is InChI=1S/C15H17IN2O2/c16-12-6-4-11(5-7-12)10-18-14(20)17-13(19)15(18)8-2-1-3-9-15/h4-7H,1-3,8-10H2,(H,17,19,20). The predicted molar refractivity (Wildman–Crippen MR) is 84.1 cm³/mol. The summed E-state index contributed by atoms with van der Waals surface area (Å²) < 4.78 is 1.17. The first-order valence-corrected chi connectivity index (χ1v) is 8.07. The molecule has 0 bridgehead atoms. The van der Waals surface area contributed by atoms with Crippen LogP contribution in [-0.2, 0) is 11.3 Å². The van der Waals surface area contributed by atoms with E-state index in [1.165, 1.54) is 3.57 Å². The van der Waals surface area contributed by atoms with Gasteiger partial charge in [0.25, 0.3) is 5.91 Å². The quantitative estimate of drug-likeness (QED) is 0.630. The first-order valence-electron chi connectivity index (χ1n) is 6.99. The first-order chi connectivity index (χ1) is 9.62. The van der Waals surface area contributed by atoms with Crippen LogP contribution in [-0.4, -0.2) is 22.4 Å². The third-order valence-corrected chi connectivity index (χ3v) is 5.06. The molecule has 1 aliphatic heterocycles. The van der Waals surface area contributed by atoms with Crippen LogP contribution in [0.1, 0.15) is 37.7 Å². The maximum Gasteiger partial charge on any atom is 0.325 e. The normalized spacial score (nSPS) is 21.4. The molecule has 2 fully saturated rings. The van der Waals surface area contributed by atoms with Gasteiger partial charge in [-0.2, -0.15) is 0 Å². The Kier molecular flexibility index (Phi) is 3.70. The summed E-state index contributed by atoms with van der Waals surface area (Å²) in [6, 6.07) is 7.86. The first kappa shape index (κ1) is 13.9. The number of halogens is 1. The number of carbonyl (C=O) groups excluding carboxylic acids is 2. The molecule has 20 heavy (non-hydrogen) atoms. The van der Waals surface area contributed by atoms with Gasteiger partial charge in [-0.15, -0.1) is 0 Å². The van der Waals surface area contributed by atoms with Crippen molar-refractivity contribution >= 4 is 34.5 Å². The van der Waals surface area contributed by atoms with Gasteiger partial charge in [-0.3, -0.25) is 10.1 Å². The summed E-state index contributed by atoms with van der Waals surface area (Å²) in [7, 11) is 0. The minimum Gasteiger partial charge on any atom is -0.305 e. The molecule has 1 heterocycles. The van der Waals surface area contributed by atoms with E-state index in [-0.39, 0.29) is 11.9 Å². The molecule has 0 unspecified atom stereocenters. The van der Waals surface area contributed by atoms with Gasteiger partial charge in [0, 0.05) is 10.1 Å². The Bertz CT molecular complexity index is 535. The smallest absolute Gasteiger partial charge is 0.305 e. The SMILES string of the molecule is O=C1NC(=O)C2(CCCCC2)N1Cc1ccc(I)cc1. The van der Waals surface area contributed by atoms with Crippen LogP contribution in [0.2, 0.25) is 0 Å². The maximum absolute atomic E-state index is 12.2. The molecule has 4 nitrogen and oxygen atoms in total. The number of carbonyl (C=O) groups is 2. The fourth-order valence-electron chi connectivity index (χ4n) is 3.23. The molecule has 1 aliphatic carbocycles. The molecule has 106 valence electrons. The number of imide groups is 1. The summed E-state index contributed by atoms with van der Waals surface area (Å²) >= 11 is 2.26. The molecule has 1 saturated heterocycles. The van der Waals surface area contributed by atoms with E-state index >= 15 is 0 Å². The van der Waals surface area contributed by atoms with Crippen molar-refractivity contribution in [1.29, 1.82) is 0 Å². The number of hydrogen-bond donors (Lipinski definition) is 1. The molecule has 3 amide bonds. The molecular weight excluding hydrogens is 367 g/mol. The third-order valence-electron chi connectivity index (χ3n) is 4.34. The van der Waals surface area contributed by atoms with E-state index < -0.39 is 5.54 Å². The molecular formula is C15H17IN2O2. The van der Waals surface area contributed by atoms with E-state index in [1.54, 1.807) is 4.90 Å². The number of hydrogen-bond acceptors (Lipinski definition) is 2. The molecule has 0 atom stereocenters. The van der Waals surface area contributed by atoms with Crippen LogP contribution in [0.3, 0.4) is 0 Å². The molecule has 1 spiro atoms. The summed E-state index contributed by atoms with van der Waals surface area (Å²) in [5.74, 6) is -0.104. The highest BCUT2D eigenvalue weighted by Crippen LogP contribution is 2.38. The van der Waals surface area contributed by atoms with Gasteiger partial charge < -0.3 is 4.90 Å². The van der Waals surface area contributed by atoms with Crippen molar-refractivity contribution in [1.82, 2.24) is 10.2 Å². The fraction of sp³-hybridized carbons (Fsp3) is 0.467. The molecule has 2 aliphatic rings. The maximum atomic E-state index is 12.2. The van der Waals surface area contributed by atoms with Crippen molar-refractivity contribution in [2.75, 3.05) is 0 Å². The van der Waals surface area contributed by atoms with Crippen molar-refractivity contribution in [3.05, 3.63) is 33.4 Å². The Morgan fingerprint density at radius 2 is 1.75 bits per heavy atom. The van der Waals surface area contributed by atoms with Crippen molar-refractivity contribution in [3.63, 3.8) is 0 Å². The van der Waals surface area contributed by atoms with Crippen LogP contribution in [0.25, 0.3) is 0 Å². The second-order valence-electron chi connectivity index (χ2n) is 5.56. The Morgan fingerprint density at radius 1 is 1.10 bits per heavy atom. The number of nitrogens with zero attached hydrogens (tertiary/aromatic N) is 1. The lowest BCUT2D eigenvalue weighted by molar-refractivity contribution is -0.128. The fourth-order valence-corrected chi connectivity index (χ4v) is 3.59. The van der Waals surface area contributed by atoms with Crippen LogP contribution < -0.4 is 5.32 Å². The Hall–Kier alpha value is -1.11. The molecule has 0 aromatic heterocycles. The predicted octanol–water partition coefficient (Wildman–Crippen LogP) is 3.05. The minimum absolute atomic E-state index is 0.104. The van der Waals surface area contributed by atoms with Crippen LogP contribution in [0, 0.1) is 3.57 Å². The molecule has 1 saturated carbocycles. The Labute approximate surface area is 132 Å². The van der Waals surface area contributed by atoms with E-state index in [0.717, 1.165) is 37.7 Å². The molecule has 3 rings (SSSR count). The average Bonchev–Trinajstić information content (AvgIpc) is 2.67. The minimum atomic E-state index is -0.599. The van der Waals surface area contributed by atoms with Gasteiger partial charge in [0.15, 0.2) is 0 Å². The van der Waals surface area contributed by atoms with E-state index in [1.807, 2.05) is 24.3 Å². The largest absolute Gasteiger partial charge is 0.325 e. The summed E-state index contributed by atoms with van der Waals surface area (Å²) in [6.07, 6.45) is 4.76. The van der Waals surface area contributed by atoms with Gasteiger partial charge in [0.2, 0.25) is 0 Å². The number of urea groups is 1. The van der Waals surface area contributed by atoms with Gasteiger partial charge in [0.1, 0.15) is 5.54 Å². The van der Waals surface area contributed by atoms with Crippen LogP contribution in [0.4, 0.5) is 4.79 Å². The van der Waals surface area contributed by atoms with Crippen molar-refractivity contribution < 1.29 is 9.59 Å². The van der Waals surface area contributed by atoms with Crippen molar-refractivity contribution in [2.45, 2.75) is 44.2 Å². The average molecular weight is 384 g/mol. The Balaban J connectivity index is 1.87. The van der Waals surface area contributed by atoms with Gasteiger partial charge in [-0.05, 0) is 53.1 Å². The molecule has 1 N–H and O–H groups in total. The zero-order valence-corrected chi connectivity index (χ0v) is 13.4.